The Morgan fingerprint density at radius 1 is 1.00 bits per heavy atom. The van der Waals surface area contributed by atoms with E-state index in [-0.39, 0.29) is 5.56 Å². The van der Waals surface area contributed by atoms with Crippen LogP contribution in [-0.2, 0) is 5.75 Å². The van der Waals surface area contributed by atoms with Crippen molar-refractivity contribution in [3.8, 4) is 11.5 Å². The van der Waals surface area contributed by atoms with Crippen molar-refractivity contribution in [2.24, 2.45) is 0 Å². The minimum absolute atomic E-state index is 0.211. The van der Waals surface area contributed by atoms with Gasteiger partial charge in [0.05, 0.1) is 41.9 Å². The van der Waals surface area contributed by atoms with E-state index < -0.39 is 0 Å². The molecule has 2 N–H and O–H groups in total. The molecule has 0 saturated heterocycles. The van der Waals surface area contributed by atoms with E-state index in [9.17, 15) is 4.79 Å². The predicted octanol–water partition coefficient (Wildman–Crippen LogP) is 3.42. The number of nitrogens with one attached hydrogen (secondary N) is 2. The third-order valence-corrected chi connectivity index (χ3v) is 5.11. The molecule has 0 aliphatic heterocycles. The lowest BCUT2D eigenvalue weighted by Gasteiger charge is -2.09. The topological polar surface area (TPSA) is 92.9 Å². The van der Waals surface area contributed by atoms with Gasteiger partial charge >= 0.3 is 0 Å². The monoisotopic (exact) mass is 382 g/mol. The maximum Gasteiger partial charge on any atom is 0.258 e. The van der Waals surface area contributed by atoms with Crippen molar-refractivity contribution in [3.63, 3.8) is 0 Å². The number of benzene rings is 2. The largest absolute Gasteiger partial charge is 0.493 e. The molecule has 2 aromatic carbocycles. The highest BCUT2D eigenvalue weighted by molar-refractivity contribution is 7.98. The maximum absolute atomic E-state index is 12.4. The first-order valence-electron chi connectivity index (χ1n) is 8.31. The molecule has 2 heterocycles. The Kier molecular flexibility index (Phi) is 4.49. The minimum Gasteiger partial charge on any atom is -0.493 e. The van der Waals surface area contributed by atoms with Gasteiger partial charge in [0.1, 0.15) is 5.82 Å². The van der Waals surface area contributed by atoms with Crippen LogP contribution in [0.5, 0.6) is 11.5 Å². The van der Waals surface area contributed by atoms with Crippen LogP contribution in [0, 0.1) is 6.92 Å². The van der Waals surface area contributed by atoms with Crippen molar-refractivity contribution in [2.45, 2.75) is 17.8 Å². The summed E-state index contributed by atoms with van der Waals surface area (Å²) < 4.78 is 10.5. The van der Waals surface area contributed by atoms with Crippen LogP contribution < -0.4 is 15.0 Å². The standard InChI is InChI=1S/C19H18N4O3S/c1-10-4-5-12-14(6-10)22-19(21-12)27-9-17-20-13-8-16(26-3)15(25-2)7-11(13)18(24)23-17/h4-8H,9H2,1-3H3,(H,21,22)(H,20,23,24). The molecule has 4 rings (SSSR count). The van der Waals surface area contributed by atoms with Gasteiger partial charge in [0.2, 0.25) is 0 Å². The van der Waals surface area contributed by atoms with Gasteiger partial charge < -0.3 is 19.4 Å². The van der Waals surface area contributed by atoms with Crippen LogP contribution in [0.2, 0.25) is 0 Å². The molecule has 7 nitrogen and oxygen atoms in total. The van der Waals surface area contributed by atoms with Crippen LogP contribution in [0.1, 0.15) is 11.4 Å². The summed E-state index contributed by atoms with van der Waals surface area (Å²) in [5.41, 5.74) is 3.44. The Labute approximate surface area is 159 Å². The molecule has 0 spiro atoms. The number of hydrogen-bond acceptors (Lipinski definition) is 6. The van der Waals surface area contributed by atoms with Crippen molar-refractivity contribution in [3.05, 3.63) is 52.1 Å². The van der Waals surface area contributed by atoms with Gasteiger partial charge in [-0.1, -0.05) is 17.8 Å². The first-order chi connectivity index (χ1) is 13.1. The van der Waals surface area contributed by atoms with Crippen LogP contribution in [0.3, 0.4) is 0 Å². The Bertz CT molecular complexity index is 1200. The van der Waals surface area contributed by atoms with Crippen LogP contribution in [0.25, 0.3) is 21.9 Å². The zero-order valence-corrected chi connectivity index (χ0v) is 15.9. The second kappa shape index (κ2) is 6.96. The molecular formula is C19H18N4O3S. The van der Waals surface area contributed by atoms with E-state index in [0.717, 1.165) is 16.2 Å². The number of ether oxygens (including phenoxy) is 2. The van der Waals surface area contributed by atoms with Gasteiger partial charge in [-0.15, -0.1) is 0 Å². The van der Waals surface area contributed by atoms with E-state index in [1.165, 1.54) is 24.4 Å². The Morgan fingerprint density at radius 2 is 1.78 bits per heavy atom. The Morgan fingerprint density at radius 3 is 2.56 bits per heavy atom. The minimum atomic E-state index is -0.211. The maximum atomic E-state index is 12.4. The van der Waals surface area contributed by atoms with Crippen molar-refractivity contribution >= 4 is 33.7 Å². The van der Waals surface area contributed by atoms with E-state index >= 15 is 0 Å². The lowest BCUT2D eigenvalue weighted by Crippen LogP contribution is -2.11. The fourth-order valence-electron chi connectivity index (χ4n) is 2.89. The number of nitrogens with zero attached hydrogens (tertiary/aromatic N) is 2. The molecule has 0 atom stereocenters. The number of H-pyrrole nitrogens is 2. The van der Waals surface area contributed by atoms with Crippen molar-refractivity contribution in [2.75, 3.05) is 14.2 Å². The van der Waals surface area contributed by atoms with E-state index in [4.69, 9.17) is 9.47 Å². The number of rotatable bonds is 5. The number of aryl methyl sites for hydroxylation is 1. The highest BCUT2D eigenvalue weighted by Gasteiger charge is 2.12. The first kappa shape index (κ1) is 17.4. The third-order valence-electron chi connectivity index (χ3n) is 4.22. The second-order valence-electron chi connectivity index (χ2n) is 6.09. The lowest BCUT2D eigenvalue weighted by molar-refractivity contribution is 0.355. The lowest BCUT2D eigenvalue weighted by atomic mass is 10.2. The SMILES string of the molecule is COc1cc2nc(CSc3nc4ccc(C)cc4[nH]3)[nH]c(=O)c2cc1OC. The van der Waals surface area contributed by atoms with Gasteiger partial charge in [-0.25, -0.2) is 9.97 Å². The summed E-state index contributed by atoms with van der Waals surface area (Å²) in [6.45, 7) is 2.04. The van der Waals surface area contributed by atoms with Crippen LogP contribution in [-0.4, -0.2) is 34.2 Å². The molecule has 4 aromatic rings. The third kappa shape index (κ3) is 3.35. The fraction of sp³-hybridized carbons (Fsp3) is 0.211. The Hall–Kier alpha value is -3.00. The number of imidazole rings is 1. The molecule has 138 valence electrons. The number of thioether (sulfide) groups is 1. The molecule has 27 heavy (non-hydrogen) atoms. The number of aromatic amines is 2. The zero-order chi connectivity index (χ0) is 19.0. The molecule has 0 fully saturated rings. The van der Waals surface area contributed by atoms with Gasteiger partial charge in [-0.2, -0.15) is 0 Å². The molecule has 0 saturated carbocycles. The van der Waals surface area contributed by atoms with Crippen LogP contribution in [0.15, 0.2) is 40.3 Å². The molecule has 8 heteroatoms. The van der Waals surface area contributed by atoms with E-state index in [0.29, 0.717) is 34.0 Å². The number of hydrogen-bond donors (Lipinski definition) is 2. The zero-order valence-electron chi connectivity index (χ0n) is 15.1. The smallest absolute Gasteiger partial charge is 0.258 e. The fourth-order valence-corrected chi connectivity index (χ4v) is 3.64. The average Bonchev–Trinajstić information content (AvgIpc) is 3.07. The summed E-state index contributed by atoms with van der Waals surface area (Å²) in [6.07, 6.45) is 0. The number of aromatic nitrogens is 4. The molecule has 2 aromatic heterocycles. The average molecular weight is 382 g/mol. The van der Waals surface area contributed by atoms with Crippen molar-refractivity contribution in [1.82, 2.24) is 19.9 Å². The predicted molar refractivity (Wildman–Crippen MR) is 106 cm³/mol. The van der Waals surface area contributed by atoms with Gasteiger partial charge in [-0.3, -0.25) is 4.79 Å². The van der Waals surface area contributed by atoms with Gasteiger partial charge in [0.25, 0.3) is 5.56 Å². The molecule has 0 unspecified atom stereocenters. The van der Waals surface area contributed by atoms with Gasteiger partial charge in [-0.05, 0) is 30.7 Å². The summed E-state index contributed by atoms with van der Waals surface area (Å²) in [4.78, 5) is 27.7. The summed E-state index contributed by atoms with van der Waals surface area (Å²) in [6, 6.07) is 9.42. The molecule has 0 radical (unpaired) electrons. The highest BCUT2D eigenvalue weighted by Crippen LogP contribution is 2.30. The number of methoxy groups -OCH3 is 2. The van der Waals surface area contributed by atoms with Crippen molar-refractivity contribution < 1.29 is 9.47 Å². The van der Waals surface area contributed by atoms with Gasteiger partial charge in [0, 0.05) is 6.07 Å². The highest BCUT2D eigenvalue weighted by atomic mass is 32.2. The van der Waals surface area contributed by atoms with Gasteiger partial charge in [0.15, 0.2) is 16.7 Å². The Balaban J connectivity index is 1.63. The summed E-state index contributed by atoms with van der Waals surface area (Å²) in [5.74, 6) is 2.09. The van der Waals surface area contributed by atoms with E-state index in [1.807, 2.05) is 19.1 Å². The normalized spacial score (nSPS) is 11.2. The molecule has 0 amide bonds. The van der Waals surface area contributed by atoms with Crippen LogP contribution in [0.4, 0.5) is 0 Å². The second-order valence-corrected chi connectivity index (χ2v) is 7.05. The molecular weight excluding hydrogens is 364 g/mol. The van der Waals surface area contributed by atoms with E-state index in [1.54, 1.807) is 19.2 Å². The molecule has 0 bridgehead atoms. The molecule has 0 aliphatic rings. The summed E-state index contributed by atoms with van der Waals surface area (Å²) >= 11 is 1.48. The summed E-state index contributed by atoms with van der Waals surface area (Å²) in [7, 11) is 3.09. The van der Waals surface area contributed by atoms with Crippen LogP contribution >= 0.6 is 11.8 Å². The quantitative estimate of drug-likeness (QED) is 0.514. The molecule has 0 aliphatic carbocycles. The first-order valence-corrected chi connectivity index (χ1v) is 9.30. The van der Waals surface area contributed by atoms with Crippen molar-refractivity contribution in [1.29, 1.82) is 0 Å². The van der Waals surface area contributed by atoms with E-state index in [2.05, 4.69) is 26.0 Å². The number of fused-ring (bicyclic) bond motifs is 2. The summed E-state index contributed by atoms with van der Waals surface area (Å²) in [5, 5.41) is 1.24.